The molecule has 1 aromatic heterocycles. The van der Waals surface area contributed by atoms with Crippen LogP contribution in [-0.4, -0.2) is 42.9 Å². The van der Waals surface area contributed by atoms with E-state index in [4.69, 9.17) is 4.74 Å². The summed E-state index contributed by atoms with van der Waals surface area (Å²) in [6.07, 6.45) is 3.63. The summed E-state index contributed by atoms with van der Waals surface area (Å²) in [5.74, 6) is 0.334. The first-order valence-electron chi connectivity index (χ1n) is 10.7. The molecular weight excluding hydrogens is 446 g/mol. The van der Waals surface area contributed by atoms with E-state index in [2.05, 4.69) is 4.99 Å². The van der Waals surface area contributed by atoms with Gasteiger partial charge in [0.05, 0.1) is 22.2 Å². The van der Waals surface area contributed by atoms with Crippen molar-refractivity contribution in [1.82, 2.24) is 8.87 Å². The van der Waals surface area contributed by atoms with Crippen molar-refractivity contribution in [3.8, 4) is 5.75 Å². The van der Waals surface area contributed by atoms with Gasteiger partial charge in [-0.05, 0) is 61.7 Å². The van der Waals surface area contributed by atoms with Gasteiger partial charge in [-0.15, -0.1) is 0 Å². The number of carbonyl (C=O) groups is 1. The summed E-state index contributed by atoms with van der Waals surface area (Å²) in [5, 5.41) is 0. The second kappa shape index (κ2) is 9.17. The van der Waals surface area contributed by atoms with E-state index in [1.54, 1.807) is 23.5 Å². The number of piperidine rings is 1. The van der Waals surface area contributed by atoms with E-state index in [9.17, 15) is 13.2 Å². The zero-order valence-electron chi connectivity index (χ0n) is 18.4. The van der Waals surface area contributed by atoms with Crippen LogP contribution in [0.4, 0.5) is 0 Å². The Bertz CT molecular complexity index is 1310. The van der Waals surface area contributed by atoms with E-state index < -0.39 is 15.9 Å². The zero-order chi connectivity index (χ0) is 22.9. The van der Waals surface area contributed by atoms with Crippen LogP contribution in [0.3, 0.4) is 0 Å². The summed E-state index contributed by atoms with van der Waals surface area (Å²) < 4.78 is 36.0. The highest BCUT2D eigenvalue weighted by atomic mass is 32.2. The molecule has 0 bridgehead atoms. The molecule has 0 N–H and O–H groups in total. The zero-order valence-corrected chi connectivity index (χ0v) is 20.1. The summed E-state index contributed by atoms with van der Waals surface area (Å²) in [6.45, 7) is 2.57. The molecule has 1 saturated heterocycles. The number of rotatable bonds is 5. The molecule has 1 aliphatic heterocycles. The number of carbonyl (C=O) groups excluding carboxylic acids is 1. The number of nitrogens with zero attached hydrogens (tertiary/aromatic N) is 3. The predicted molar refractivity (Wildman–Crippen MR) is 126 cm³/mol. The monoisotopic (exact) mass is 473 g/mol. The van der Waals surface area contributed by atoms with Gasteiger partial charge in [-0.25, -0.2) is 8.42 Å². The average molecular weight is 474 g/mol. The van der Waals surface area contributed by atoms with Gasteiger partial charge >= 0.3 is 0 Å². The molecule has 170 valence electrons. The summed E-state index contributed by atoms with van der Waals surface area (Å²) in [7, 11) is -0.109. The first kappa shape index (κ1) is 22.7. The van der Waals surface area contributed by atoms with Gasteiger partial charge in [0.2, 0.25) is 10.0 Å². The molecule has 32 heavy (non-hydrogen) atoms. The molecule has 4 rings (SSSR count). The first-order chi connectivity index (χ1) is 15.3. The van der Waals surface area contributed by atoms with Crippen molar-refractivity contribution < 1.29 is 17.9 Å². The van der Waals surface area contributed by atoms with Gasteiger partial charge in [-0.1, -0.05) is 24.7 Å². The second-order valence-corrected chi connectivity index (χ2v) is 10.8. The number of methoxy groups -OCH3 is 1. The predicted octanol–water partition coefficient (Wildman–Crippen LogP) is 3.94. The number of ether oxygens (including phenoxy) is 1. The van der Waals surface area contributed by atoms with Crippen LogP contribution in [0.25, 0.3) is 10.2 Å². The fourth-order valence-electron chi connectivity index (χ4n) is 4.10. The fraction of sp³-hybridized carbons (Fsp3) is 0.391. The average Bonchev–Trinajstić information content (AvgIpc) is 3.13. The molecule has 2 heterocycles. The van der Waals surface area contributed by atoms with Crippen LogP contribution in [0.2, 0.25) is 0 Å². The minimum Gasteiger partial charge on any atom is -0.497 e. The lowest BCUT2D eigenvalue weighted by molar-refractivity contribution is 0.0998. The molecule has 0 spiro atoms. The highest BCUT2D eigenvalue weighted by Crippen LogP contribution is 2.27. The van der Waals surface area contributed by atoms with Gasteiger partial charge < -0.3 is 9.30 Å². The Morgan fingerprint density at radius 3 is 2.62 bits per heavy atom. The molecule has 0 aliphatic carbocycles. The Kier molecular flexibility index (Phi) is 6.50. The first-order valence-corrected chi connectivity index (χ1v) is 13.0. The normalized spacial score (nSPS) is 18.2. The maximum absolute atomic E-state index is 13.1. The lowest BCUT2D eigenvalue weighted by atomic mass is 10.0. The van der Waals surface area contributed by atoms with Gasteiger partial charge in [0.15, 0.2) is 4.80 Å². The van der Waals surface area contributed by atoms with Crippen LogP contribution in [0.1, 0.15) is 43.0 Å². The third-order valence-electron chi connectivity index (χ3n) is 5.97. The lowest BCUT2D eigenvalue weighted by Crippen LogP contribution is -2.43. The quantitative estimate of drug-likeness (QED) is 0.562. The molecule has 1 fully saturated rings. The van der Waals surface area contributed by atoms with Crippen molar-refractivity contribution in [2.45, 2.75) is 43.5 Å². The topological polar surface area (TPSA) is 81.0 Å². The number of hydrogen-bond donors (Lipinski definition) is 0. The number of benzene rings is 2. The minimum absolute atomic E-state index is 0.0386. The number of aryl methyl sites for hydroxylation is 1. The van der Waals surface area contributed by atoms with Crippen molar-refractivity contribution in [3.63, 3.8) is 0 Å². The van der Waals surface area contributed by atoms with Gasteiger partial charge in [-0.2, -0.15) is 9.30 Å². The van der Waals surface area contributed by atoms with Crippen molar-refractivity contribution in [1.29, 1.82) is 0 Å². The fourth-order valence-corrected chi connectivity index (χ4v) is 6.91. The molecule has 9 heteroatoms. The molecule has 1 aliphatic rings. The van der Waals surface area contributed by atoms with Crippen molar-refractivity contribution in [3.05, 3.63) is 52.8 Å². The van der Waals surface area contributed by atoms with Gasteiger partial charge in [0, 0.05) is 25.2 Å². The van der Waals surface area contributed by atoms with E-state index in [1.807, 2.05) is 36.7 Å². The molecule has 0 saturated carbocycles. The summed E-state index contributed by atoms with van der Waals surface area (Å²) in [4.78, 5) is 17.8. The standard InChI is InChI=1S/C23H27N3O4S2/c1-4-17-7-5-6-14-26(17)32(28,29)19-11-8-16(9-12-19)22(27)24-23-25(2)20-13-10-18(30-3)15-21(20)31-23/h8-13,15,17H,4-7,14H2,1-3H3. The van der Waals surface area contributed by atoms with Crippen LogP contribution in [-0.2, 0) is 17.1 Å². The lowest BCUT2D eigenvalue weighted by Gasteiger charge is -2.34. The SMILES string of the molecule is CCC1CCCCN1S(=O)(=O)c1ccc(C(=O)N=c2sc3cc(OC)ccc3n2C)cc1. The number of sulfonamides is 1. The third kappa shape index (κ3) is 4.24. The highest BCUT2D eigenvalue weighted by molar-refractivity contribution is 7.89. The van der Waals surface area contributed by atoms with Gasteiger partial charge in [-0.3, -0.25) is 4.79 Å². The molecule has 2 aromatic carbocycles. The highest BCUT2D eigenvalue weighted by Gasteiger charge is 2.32. The van der Waals surface area contributed by atoms with E-state index in [1.165, 1.54) is 23.5 Å². The smallest absolute Gasteiger partial charge is 0.279 e. The number of fused-ring (bicyclic) bond motifs is 1. The molecule has 0 radical (unpaired) electrons. The van der Waals surface area contributed by atoms with Crippen molar-refractivity contribution >= 4 is 37.5 Å². The second-order valence-electron chi connectivity index (χ2n) is 7.89. The van der Waals surface area contributed by atoms with Crippen LogP contribution in [0, 0.1) is 0 Å². The summed E-state index contributed by atoms with van der Waals surface area (Å²) >= 11 is 1.40. The van der Waals surface area contributed by atoms with Crippen LogP contribution in [0.15, 0.2) is 52.4 Å². The van der Waals surface area contributed by atoms with E-state index in [0.29, 0.717) is 16.9 Å². The van der Waals surface area contributed by atoms with Crippen LogP contribution in [0.5, 0.6) is 5.75 Å². The third-order valence-corrected chi connectivity index (χ3v) is 9.03. The molecule has 3 aromatic rings. The van der Waals surface area contributed by atoms with E-state index >= 15 is 0 Å². The largest absolute Gasteiger partial charge is 0.497 e. The summed E-state index contributed by atoms with van der Waals surface area (Å²) in [5.41, 5.74) is 1.31. The molecule has 1 unspecified atom stereocenters. The van der Waals surface area contributed by atoms with Crippen LogP contribution < -0.4 is 9.54 Å². The van der Waals surface area contributed by atoms with Crippen molar-refractivity contribution in [2.75, 3.05) is 13.7 Å². The maximum Gasteiger partial charge on any atom is 0.279 e. The number of aromatic nitrogens is 1. The van der Waals surface area contributed by atoms with E-state index in [-0.39, 0.29) is 10.9 Å². The molecular formula is C23H27N3O4S2. The molecule has 1 amide bonds. The number of amides is 1. The molecule has 1 atom stereocenters. The van der Waals surface area contributed by atoms with Gasteiger partial charge in [0.1, 0.15) is 5.75 Å². The van der Waals surface area contributed by atoms with E-state index in [0.717, 1.165) is 41.6 Å². The Labute approximate surface area is 192 Å². The Balaban J connectivity index is 1.61. The number of thiazole rings is 1. The molecule has 7 nitrogen and oxygen atoms in total. The van der Waals surface area contributed by atoms with Crippen molar-refractivity contribution in [2.24, 2.45) is 12.0 Å². The Morgan fingerprint density at radius 1 is 1.19 bits per heavy atom. The number of hydrogen-bond acceptors (Lipinski definition) is 5. The van der Waals surface area contributed by atoms with Crippen LogP contribution >= 0.6 is 11.3 Å². The minimum atomic E-state index is -3.58. The summed E-state index contributed by atoms with van der Waals surface area (Å²) in [6, 6.07) is 11.8. The maximum atomic E-state index is 13.1. The Morgan fingerprint density at radius 2 is 1.94 bits per heavy atom. The Hall–Kier alpha value is -2.49. The van der Waals surface area contributed by atoms with Gasteiger partial charge in [0.25, 0.3) is 5.91 Å².